The van der Waals surface area contributed by atoms with Crippen LogP contribution in [0.15, 0.2) is 12.3 Å². The fraction of sp³-hybridized carbons (Fsp3) is 0.833. The summed E-state index contributed by atoms with van der Waals surface area (Å²) in [5.41, 5.74) is 0. The Kier molecular flexibility index (Phi) is 5.40. The average molecular weight is 228 g/mol. The highest BCUT2D eigenvalue weighted by molar-refractivity contribution is 6.14. The Morgan fingerprint density at radius 3 is 2.93 bits per heavy atom. The van der Waals surface area contributed by atoms with Crippen molar-refractivity contribution in [3.8, 4) is 0 Å². The highest BCUT2D eigenvalue weighted by atomic mass is 28.1. The molecule has 1 fully saturated rings. The van der Waals surface area contributed by atoms with E-state index in [1.807, 2.05) is 13.0 Å². The highest BCUT2D eigenvalue weighted by Gasteiger charge is 2.27. The van der Waals surface area contributed by atoms with E-state index in [1.165, 1.54) is 19.3 Å². The summed E-state index contributed by atoms with van der Waals surface area (Å²) in [5.74, 6) is 0. The van der Waals surface area contributed by atoms with E-state index in [1.54, 1.807) is 6.26 Å². The zero-order chi connectivity index (χ0) is 11.1. The molecule has 0 bridgehead atoms. The van der Waals surface area contributed by atoms with Crippen LogP contribution in [0.2, 0.25) is 0 Å². The molecule has 2 atom stereocenters. The summed E-state index contributed by atoms with van der Waals surface area (Å²) >= 11 is 0. The van der Waals surface area contributed by atoms with Crippen molar-refractivity contribution in [3.63, 3.8) is 0 Å². The van der Waals surface area contributed by atoms with Gasteiger partial charge in [0, 0.05) is 22.1 Å². The van der Waals surface area contributed by atoms with Crippen molar-refractivity contribution in [3.05, 3.63) is 12.3 Å². The molecule has 0 N–H and O–H groups in total. The SMILES string of the molecule is CC=COC(C)CCC1([SiH3])CCCCO1. The van der Waals surface area contributed by atoms with Gasteiger partial charge in [-0.1, -0.05) is 6.08 Å². The van der Waals surface area contributed by atoms with Gasteiger partial charge in [-0.05, 0) is 46.0 Å². The molecule has 0 saturated carbocycles. The van der Waals surface area contributed by atoms with Gasteiger partial charge in [-0.15, -0.1) is 0 Å². The maximum absolute atomic E-state index is 5.91. The second-order valence-electron chi connectivity index (χ2n) is 4.71. The zero-order valence-corrected chi connectivity index (χ0v) is 12.3. The highest BCUT2D eigenvalue weighted by Crippen LogP contribution is 2.27. The van der Waals surface area contributed by atoms with E-state index in [2.05, 4.69) is 6.92 Å². The van der Waals surface area contributed by atoms with Crippen molar-refractivity contribution in [2.75, 3.05) is 6.61 Å². The van der Waals surface area contributed by atoms with E-state index in [0.29, 0.717) is 6.10 Å². The molecule has 1 aliphatic rings. The molecule has 15 heavy (non-hydrogen) atoms. The number of ether oxygens (including phenoxy) is 2. The van der Waals surface area contributed by atoms with Gasteiger partial charge in [0.15, 0.2) is 0 Å². The zero-order valence-electron chi connectivity index (χ0n) is 10.3. The first-order chi connectivity index (χ1) is 7.16. The van der Waals surface area contributed by atoms with E-state index in [0.717, 1.165) is 29.7 Å². The van der Waals surface area contributed by atoms with Crippen molar-refractivity contribution >= 4 is 10.2 Å². The maximum atomic E-state index is 5.91. The fourth-order valence-corrected chi connectivity index (χ4v) is 2.82. The second kappa shape index (κ2) is 6.33. The molecule has 1 saturated heterocycles. The van der Waals surface area contributed by atoms with Gasteiger partial charge < -0.3 is 9.47 Å². The third-order valence-corrected chi connectivity index (χ3v) is 4.37. The lowest BCUT2D eigenvalue weighted by Gasteiger charge is -2.34. The Hall–Kier alpha value is -0.283. The average Bonchev–Trinajstić information content (AvgIpc) is 2.25. The van der Waals surface area contributed by atoms with Crippen molar-refractivity contribution in [2.45, 2.75) is 57.3 Å². The molecule has 1 aliphatic heterocycles. The molecule has 1 rings (SSSR count). The smallest absolute Gasteiger partial charge is 0.0951 e. The molecular formula is C12H24O2Si. The van der Waals surface area contributed by atoms with E-state index in [-0.39, 0.29) is 5.22 Å². The monoisotopic (exact) mass is 228 g/mol. The molecule has 2 unspecified atom stereocenters. The predicted octanol–water partition coefficient (Wildman–Crippen LogP) is 1.97. The topological polar surface area (TPSA) is 18.5 Å². The normalized spacial score (nSPS) is 29.5. The molecule has 88 valence electrons. The Morgan fingerprint density at radius 1 is 1.53 bits per heavy atom. The lowest BCUT2D eigenvalue weighted by atomic mass is 10.0. The molecular weight excluding hydrogens is 204 g/mol. The Morgan fingerprint density at radius 2 is 2.33 bits per heavy atom. The van der Waals surface area contributed by atoms with Crippen LogP contribution in [0, 0.1) is 0 Å². The largest absolute Gasteiger partial charge is 0.499 e. The van der Waals surface area contributed by atoms with Gasteiger partial charge in [-0.2, -0.15) is 0 Å². The van der Waals surface area contributed by atoms with Gasteiger partial charge in [0.2, 0.25) is 0 Å². The van der Waals surface area contributed by atoms with E-state index in [9.17, 15) is 0 Å². The van der Waals surface area contributed by atoms with Crippen LogP contribution in [-0.4, -0.2) is 28.2 Å². The summed E-state index contributed by atoms with van der Waals surface area (Å²) in [4.78, 5) is 0. The van der Waals surface area contributed by atoms with Crippen LogP contribution >= 0.6 is 0 Å². The minimum absolute atomic E-state index is 0.242. The summed E-state index contributed by atoms with van der Waals surface area (Å²) in [5, 5.41) is 0.242. The van der Waals surface area contributed by atoms with Crippen molar-refractivity contribution in [1.29, 1.82) is 0 Å². The molecule has 0 aromatic carbocycles. The quantitative estimate of drug-likeness (QED) is 0.529. The number of rotatable bonds is 5. The van der Waals surface area contributed by atoms with Crippen molar-refractivity contribution in [2.24, 2.45) is 0 Å². The summed E-state index contributed by atoms with van der Waals surface area (Å²) in [6.45, 7) is 5.08. The minimum Gasteiger partial charge on any atom is -0.499 e. The van der Waals surface area contributed by atoms with E-state index in [4.69, 9.17) is 9.47 Å². The van der Waals surface area contributed by atoms with Crippen molar-refractivity contribution < 1.29 is 9.47 Å². The molecule has 2 nitrogen and oxygen atoms in total. The first-order valence-electron chi connectivity index (χ1n) is 6.07. The van der Waals surface area contributed by atoms with Gasteiger partial charge in [0.25, 0.3) is 0 Å². The van der Waals surface area contributed by atoms with Crippen LogP contribution in [0.25, 0.3) is 0 Å². The predicted molar refractivity (Wildman–Crippen MR) is 67.1 cm³/mol. The summed E-state index contributed by atoms with van der Waals surface area (Å²) in [6, 6.07) is 0. The first-order valence-corrected chi connectivity index (χ1v) is 7.07. The lowest BCUT2D eigenvalue weighted by molar-refractivity contribution is -0.0299. The van der Waals surface area contributed by atoms with Gasteiger partial charge in [0.1, 0.15) is 0 Å². The van der Waals surface area contributed by atoms with Gasteiger partial charge in [0.05, 0.1) is 12.4 Å². The van der Waals surface area contributed by atoms with Crippen LogP contribution in [0.1, 0.15) is 46.0 Å². The van der Waals surface area contributed by atoms with Crippen LogP contribution < -0.4 is 0 Å². The van der Waals surface area contributed by atoms with E-state index >= 15 is 0 Å². The molecule has 0 aromatic rings. The lowest BCUT2D eigenvalue weighted by Crippen LogP contribution is -2.37. The molecule has 0 radical (unpaired) electrons. The van der Waals surface area contributed by atoms with Crippen LogP contribution in [0.5, 0.6) is 0 Å². The standard InChI is InChI=1S/C12H24O2Si/c1-3-9-13-11(2)6-8-12(15)7-4-5-10-14-12/h3,9,11H,4-8,10H2,1-2,15H3. The Balaban J connectivity index is 2.22. The molecule has 0 aliphatic carbocycles. The first kappa shape index (κ1) is 12.8. The summed E-state index contributed by atoms with van der Waals surface area (Å²) < 4.78 is 11.4. The maximum Gasteiger partial charge on any atom is 0.0951 e. The Bertz CT molecular complexity index is 198. The molecule has 3 heteroatoms. The fourth-order valence-electron chi connectivity index (χ4n) is 1.98. The van der Waals surface area contributed by atoms with E-state index < -0.39 is 0 Å². The van der Waals surface area contributed by atoms with Gasteiger partial charge >= 0.3 is 0 Å². The minimum atomic E-state index is 0.242. The molecule has 0 spiro atoms. The van der Waals surface area contributed by atoms with Crippen LogP contribution in [0.3, 0.4) is 0 Å². The molecule has 0 amide bonds. The number of allylic oxidation sites excluding steroid dienone is 1. The number of hydrogen-bond acceptors (Lipinski definition) is 2. The molecule has 1 heterocycles. The van der Waals surface area contributed by atoms with Gasteiger partial charge in [-0.25, -0.2) is 0 Å². The van der Waals surface area contributed by atoms with Crippen LogP contribution in [0.4, 0.5) is 0 Å². The summed E-state index contributed by atoms with van der Waals surface area (Å²) in [6.07, 6.45) is 10.2. The third-order valence-electron chi connectivity index (χ3n) is 3.08. The second-order valence-corrected chi connectivity index (χ2v) is 6.53. The number of hydrogen-bond donors (Lipinski definition) is 0. The van der Waals surface area contributed by atoms with Crippen LogP contribution in [-0.2, 0) is 9.47 Å². The van der Waals surface area contributed by atoms with Gasteiger partial charge in [-0.3, -0.25) is 0 Å². The van der Waals surface area contributed by atoms with Crippen molar-refractivity contribution in [1.82, 2.24) is 0 Å². The summed E-state index contributed by atoms with van der Waals surface area (Å²) in [7, 11) is 1.14. The third kappa shape index (κ3) is 4.84. The Labute approximate surface area is 96.5 Å². The molecule has 0 aromatic heterocycles.